The van der Waals surface area contributed by atoms with Gasteiger partial charge in [0.05, 0.1) is 8.07 Å². The Morgan fingerprint density at radius 2 is 1.21 bits per heavy atom. The van der Waals surface area contributed by atoms with E-state index in [9.17, 15) is 0 Å². The van der Waals surface area contributed by atoms with Gasteiger partial charge >= 0.3 is 25.8 Å². The minimum Gasteiger partial charge on any atom is -0.358 e. The molecule has 3 aliphatic carbocycles. The molecule has 0 aromatic heterocycles. The first kappa shape index (κ1) is 34.2. The fourth-order valence-electron chi connectivity index (χ4n) is 7.33. The van der Waals surface area contributed by atoms with Crippen LogP contribution in [-0.4, -0.2) is 8.07 Å². The molecular weight excluding hydrogens is 531 g/mol. The zero-order valence-electron chi connectivity index (χ0n) is 21.6. The Balaban J connectivity index is -0.00000135. The van der Waals surface area contributed by atoms with E-state index in [0.717, 1.165) is 52.5 Å². The second-order valence-corrected chi connectivity index (χ2v) is 15.2. The van der Waals surface area contributed by atoms with Crippen molar-refractivity contribution in [2.75, 3.05) is 0 Å². The Morgan fingerprint density at radius 3 is 1.66 bits per heavy atom. The molecule has 0 N–H and O–H groups in total. The number of hydrogen-bond acceptors (Lipinski definition) is 0. The molecule has 0 nitrogen and oxygen atoms in total. The maximum atomic E-state index is 2.76. The first-order valence-electron chi connectivity index (χ1n) is 10.7. The summed E-state index contributed by atoms with van der Waals surface area (Å²) in [6.07, 6.45) is 14.1. The molecule has 8 atom stereocenters. The van der Waals surface area contributed by atoms with Crippen molar-refractivity contribution in [2.45, 2.75) is 78.1 Å². The van der Waals surface area contributed by atoms with E-state index in [1.54, 1.807) is 0 Å². The normalized spacial score (nSPS) is 39.8. The van der Waals surface area contributed by atoms with Gasteiger partial charge in [0.25, 0.3) is 0 Å². The molecular formula is C27H52HfSi. The van der Waals surface area contributed by atoms with Gasteiger partial charge in [0.2, 0.25) is 0 Å². The molecule has 0 radical (unpaired) electrons. The third kappa shape index (κ3) is 5.88. The average Bonchev–Trinajstić information content (AvgIpc) is 3.01. The summed E-state index contributed by atoms with van der Waals surface area (Å²) in [6.45, 7) is 18.1. The standard InChI is InChI=1S/C23H40Si.4CH3.Hf/c1-8-11-19-14-22(21-13-10-9-12-20(19)21)24(6,7)23-17(4)15(2)16(3)18(23)5;;;;;/h9-10,12-13,15-23H,8,11,14H2,1-7H3;4*1H3;/q;4*-1;+4. The largest absolute Gasteiger partial charge is 4.00 e. The molecule has 0 aliphatic heterocycles. The van der Waals surface area contributed by atoms with E-state index in [-0.39, 0.29) is 55.5 Å². The maximum absolute atomic E-state index is 2.76. The van der Waals surface area contributed by atoms with Crippen molar-refractivity contribution in [3.8, 4) is 0 Å². The predicted octanol–water partition coefficient (Wildman–Crippen LogP) is 8.97. The first-order chi connectivity index (χ1) is 11.3. The van der Waals surface area contributed by atoms with Crippen LogP contribution >= 0.6 is 0 Å². The van der Waals surface area contributed by atoms with Crippen LogP contribution in [0.15, 0.2) is 24.3 Å². The minimum atomic E-state index is -1.31. The molecule has 3 rings (SSSR count). The summed E-state index contributed by atoms with van der Waals surface area (Å²) in [4.78, 5) is 0. The van der Waals surface area contributed by atoms with Crippen LogP contribution in [0.1, 0.15) is 53.9 Å². The van der Waals surface area contributed by atoms with Crippen LogP contribution in [0, 0.1) is 71.1 Å². The Labute approximate surface area is 206 Å². The molecule has 2 fully saturated rings. The molecule has 2 heteroatoms. The zero-order valence-corrected chi connectivity index (χ0v) is 26.2. The topological polar surface area (TPSA) is 0 Å². The van der Waals surface area contributed by atoms with Crippen molar-refractivity contribution >= 4 is 8.07 Å². The van der Waals surface area contributed by atoms with E-state index < -0.39 is 8.07 Å². The van der Waals surface area contributed by atoms with Crippen LogP contribution in [0.25, 0.3) is 0 Å². The van der Waals surface area contributed by atoms with Crippen LogP contribution < -0.4 is 0 Å². The summed E-state index contributed by atoms with van der Waals surface area (Å²) >= 11 is 0. The predicted molar refractivity (Wildman–Crippen MR) is 136 cm³/mol. The first-order valence-corrected chi connectivity index (χ1v) is 13.8. The zero-order chi connectivity index (χ0) is 17.6. The van der Waals surface area contributed by atoms with Gasteiger partial charge in [-0.2, -0.15) is 0 Å². The fourth-order valence-corrected chi connectivity index (χ4v) is 13.4. The molecule has 0 bridgehead atoms. The summed E-state index contributed by atoms with van der Waals surface area (Å²) in [5.74, 6) is 6.28. The molecule has 8 unspecified atom stereocenters. The van der Waals surface area contributed by atoms with Gasteiger partial charge < -0.3 is 29.7 Å². The Morgan fingerprint density at radius 1 is 0.759 bits per heavy atom. The van der Waals surface area contributed by atoms with Gasteiger partial charge in [-0.25, -0.2) is 0 Å². The molecule has 29 heavy (non-hydrogen) atoms. The van der Waals surface area contributed by atoms with Crippen molar-refractivity contribution in [1.29, 1.82) is 0 Å². The van der Waals surface area contributed by atoms with Crippen molar-refractivity contribution in [3.63, 3.8) is 0 Å². The summed E-state index contributed by atoms with van der Waals surface area (Å²) in [5.41, 5.74) is 2.00. The van der Waals surface area contributed by atoms with Crippen LogP contribution in [-0.2, 0) is 25.8 Å². The van der Waals surface area contributed by atoms with Crippen LogP contribution in [0.2, 0.25) is 24.2 Å². The van der Waals surface area contributed by atoms with Gasteiger partial charge in [-0.05, 0) is 58.9 Å². The summed E-state index contributed by atoms with van der Waals surface area (Å²) in [6, 6.07) is 0. The van der Waals surface area contributed by atoms with E-state index in [2.05, 4.69) is 72.0 Å². The Kier molecular flexibility index (Phi) is 15.6. The average molecular weight is 583 g/mol. The van der Waals surface area contributed by atoms with E-state index in [4.69, 9.17) is 0 Å². The van der Waals surface area contributed by atoms with Gasteiger partial charge in [-0.3, -0.25) is 0 Å². The SMILES string of the molecule is CCCC1CC([Si](C)(C)C2C(C)C(C)C(C)C2C)C2C=CC=CC12.[CH3-].[CH3-].[CH3-].[CH3-].[Hf+4]. The summed E-state index contributed by atoms with van der Waals surface area (Å²) in [5, 5.41) is 0. The van der Waals surface area contributed by atoms with Crippen LogP contribution in [0.3, 0.4) is 0 Å². The fraction of sp³-hybridized carbons (Fsp3) is 0.704. The third-order valence-corrected chi connectivity index (χ3v) is 14.2. The van der Waals surface area contributed by atoms with E-state index >= 15 is 0 Å². The number of fused-ring (bicyclic) bond motifs is 1. The number of allylic oxidation sites excluding steroid dienone is 4. The summed E-state index contributed by atoms with van der Waals surface area (Å²) in [7, 11) is -1.31. The minimum absolute atomic E-state index is 0. The molecule has 0 saturated heterocycles. The molecule has 2 saturated carbocycles. The van der Waals surface area contributed by atoms with Crippen LogP contribution in [0.5, 0.6) is 0 Å². The van der Waals surface area contributed by atoms with Gasteiger partial charge in [0.1, 0.15) is 0 Å². The van der Waals surface area contributed by atoms with E-state index in [1.807, 2.05) is 0 Å². The smallest absolute Gasteiger partial charge is 0.358 e. The van der Waals surface area contributed by atoms with Crippen molar-refractivity contribution < 1.29 is 25.8 Å². The molecule has 3 aliphatic rings. The quantitative estimate of drug-likeness (QED) is 0.229. The van der Waals surface area contributed by atoms with Crippen molar-refractivity contribution in [2.24, 2.45) is 41.4 Å². The Hall–Kier alpha value is 0.567. The maximum Gasteiger partial charge on any atom is 4.00 e. The molecule has 0 aromatic rings. The van der Waals surface area contributed by atoms with E-state index in [1.165, 1.54) is 19.3 Å². The third-order valence-electron chi connectivity index (χ3n) is 8.88. The van der Waals surface area contributed by atoms with Gasteiger partial charge in [-0.1, -0.05) is 84.9 Å². The van der Waals surface area contributed by atoms with Gasteiger partial charge in [0, 0.05) is 0 Å². The Bertz CT molecular complexity index is 495. The number of rotatable bonds is 4. The second-order valence-electron chi connectivity index (χ2n) is 10.1. The molecule has 0 amide bonds. The number of hydrogen-bond donors (Lipinski definition) is 0. The molecule has 0 aromatic carbocycles. The van der Waals surface area contributed by atoms with Crippen LogP contribution in [0.4, 0.5) is 0 Å². The summed E-state index contributed by atoms with van der Waals surface area (Å²) < 4.78 is 0. The van der Waals surface area contributed by atoms with Crippen molar-refractivity contribution in [3.05, 3.63) is 54.0 Å². The van der Waals surface area contributed by atoms with E-state index in [0.29, 0.717) is 0 Å². The molecule has 0 heterocycles. The monoisotopic (exact) mass is 584 g/mol. The van der Waals surface area contributed by atoms with Gasteiger partial charge in [-0.15, -0.1) is 0 Å². The second kappa shape index (κ2) is 13.2. The van der Waals surface area contributed by atoms with Gasteiger partial charge in [0.15, 0.2) is 0 Å². The van der Waals surface area contributed by atoms with Crippen molar-refractivity contribution in [1.82, 2.24) is 0 Å². The molecule has 168 valence electrons. The molecule has 0 spiro atoms.